The Morgan fingerprint density at radius 2 is 2.15 bits per heavy atom. The van der Waals surface area contributed by atoms with Gasteiger partial charge in [0.05, 0.1) is 0 Å². The number of hydrogen-bond donors (Lipinski definition) is 1. The van der Waals surface area contributed by atoms with E-state index in [0.717, 1.165) is 19.5 Å². The molecule has 0 spiro atoms. The van der Waals surface area contributed by atoms with E-state index in [2.05, 4.69) is 17.0 Å². The van der Waals surface area contributed by atoms with E-state index < -0.39 is 0 Å². The molecular weight excluding hydrogens is 170 g/mol. The number of ether oxygens (including phenoxy) is 2. The van der Waals surface area contributed by atoms with Gasteiger partial charge in [-0.05, 0) is 13.0 Å². The molecule has 4 nitrogen and oxygen atoms in total. The lowest BCUT2D eigenvalue weighted by atomic mass is 10.3. The van der Waals surface area contributed by atoms with Crippen molar-refractivity contribution < 1.29 is 14.3 Å². The number of hydrogen-bond acceptors (Lipinski definition) is 4. The smallest absolute Gasteiger partial charge is 0.332 e. The predicted molar refractivity (Wildman–Crippen MR) is 50.6 cm³/mol. The van der Waals surface area contributed by atoms with Crippen LogP contribution in [0.3, 0.4) is 0 Å². The highest BCUT2D eigenvalue weighted by Crippen LogP contribution is 1.82. The molecule has 1 N–H and O–H groups in total. The number of nitrogens with one attached hydrogen (secondary N) is 1. The van der Waals surface area contributed by atoms with Crippen LogP contribution in [-0.2, 0) is 14.3 Å². The van der Waals surface area contributed by atoms with Gasteiger partial charge >= 0.3 is 5.97 Å². The van der Waals surface area contributed by atoms with Gasteiger partial charge in [0.15, 0.2) is 0 Å². The number of methoxy groups -OCH3 is 1. The molecule has 13 heavy (non-hydrogen) atoms. The number of unbranched alkanes of at least 4 members (excludes halogenated alkanes) is 1. The van der Waals surface area contributed by atoms with Gasteiger partial charge < -0.3 is 14.8 Å². The molecule has 0 aliphatic rings. The summed E-state index contributed by atoms with van der Waals surface area (Å²) in [5.74, 6) is -0.306. The van der Waals surface area contributed by atoms with E-state index in [4.69, 9.17) is 4.74 Å². The van der Waals surface area contributed by atoms with E-state index in [0.29, 0.717) is 6.61 Å². The highest BCUT2D eigenvalue weighted by Gasteiger charge is 1.99. The van der Waals surface area contributed by atoms with Crippen molar-refractivity contribution in [2.24, 2.45) is 0 Å². The third-order valence-corrected chi connectivity index (χ3v) is 1.51. The maximum absolute atomic E-state index is 10.8. The van der Waals surface area contributed by atoms with Gasteiger partial charge in [0.1, 0.15) is 13.2 Å². The minimum absolute atomic E-state index is 0.0367. The third kappa shape index (κ3) is 9.30. The molecule has 0 saturated heterocycles. The molecule has 0 aromatic heterocycles. The summed E-state index contributed by atoms with van der Waals surface area (Å²) in [6.07, 6.45) is 2.34. The number of carbonyl (C=O) groups excluding carboxylic acids is 1. The van der Waals surface area contributed by atoms with Crippen molar-refractivity contribution in [1.82, 2.24) is 5.32 Å². The SMILES string of the molecule is CCCCNCCOC(=O)COC. The first-order chi connectivity index (χ1) is 6.31. The van der Waals surface area contributed by atoms with Crippen LogP contribution in [0.1, 0.15) is 19.8 Å². The molecule has 0 atom stereocenters. The fourth-order valence-electron chi connectivity index (χ4n) is 0.823. The molecule has 0 aliphatic heterocycles. The van der Waals surface area contributed by atoms with E-state index in [-0.39, 0.29) is 12.6 Å². The van der Waals surface area contributed by atoms with Crippen LogP contribution in [0.2, 0.25) is 0 Å². The van der Waals surface area contributed by atoms with Crippen LogP contribution < -0.4 is 5.32 Å². The van der Waals surface area contributed by atoms with Gasteiger partial charge in [-0.1, -0.05) is 13.3 Å². The van der Waals surface area contributed by atoms with Gasteiger partial charge in [0.25, 0.3) is 0 Å². The van der Waals surface area contributed by atoms with Gasteiger partial charge in [-0.2, -0.15) is 0 Å². The molecule has 0 aromatic rings. The Morgan fingerprint density at radius 3 is 2.77 bits per heavy atom. The Kier molecular flexibility index (Phi) is 9.03. The maximum Gasteiger partial charge on any atom is 0.332 e. The van der Waals surface area contributed by atoms with Crippen LogP contribution in [0.25, 0.3) is 0 Å². The zero-order valence-electron chi connectivity index (χ0n) is 8.47. The second kappa shape index (κ2) is 9.48. The summed E-state index contributed by atoms with van der Waals surface area (Å²) < 4.78 is 9.44. The molecule has 0 unspecified atom stereocenters. The summed E-state index contributed by atoms with van der Waals surface area (Å²) in [5, 5.41) is 3.17. The van der Waals surface area contributed by atoms with Crippen molar-refractivity contribution in [2.75, 3.05) is 33.4 Å². The molecule has 0 fully saturated rings. The van der Waals surface area contributed by atoms with E-state index in [1.807, 2.05) is 0 Å². The maximum atomic E-state index is 10.8. The van der Waals surface area contributed by atoms with Crippen LogP contribution in [0.15, 0.2) is 0 Å². The molecule has 4 heteroatoms. The van der Waals surface area contributed by atoms with Crippen molar-refractivity contribution in [3.05, 3.63) is 0 Å². The van der Waals surface area contributed by atoms with Crippen LogP contribution >= 0.6 is 0 Å². The molecular formula is C9H19NO3. The summed E-state index contributed by atoms with van der Waals surface area (Å²) >= 11 is 0. The number of rotatable bonds is 8. The second-order valence-electron chi connectivity index (χ2n) is 2.76. The predicted octanol–water partition coefficient (Wildman–Crippen LogP) is 0.566. The fraction of sp³-hybridized carbons (Fsp3) is 0.889. The monoisotopic (exact) mass is 189 g/mol. The highest BCUT2D eigenvalue weighted by atomic mass is 16.6. The summed E-state index contributed by atoms with van der Waals surface area (Å²) in [4.78, 5) is 10.8. The first-order valence-electron chi connectivity index (χ1n) is 4.66. The summed E-state index contributed by atoms with van der Waals surface area (Å²) in [6.45, 7) is 4.30. The van der Waals surface area contributed by atoms with Gasteiger partial charge in [-0.3, -0.25) is 0 Å². The van der Waals surface area contributed by atoms with Crippen molar-refractivity contribution in [2.45, 2.75) is 19.8 Å². The third-order valence-electron chi connectivity index (χ3n) is 1.51. The zero-order valence-corrected chi connectivity index (χ0v) is 8.47. The lowest BCUT2D eigenvalue weighted by Crippen LogP contribution is -2.23. The standard InChI is InChI=1S/C9H19NO3/c1-3-4-5-10-6-7-13-9(11)8-12-2/h10H,3-8H2,1-2H3. The minimum Gasteiger partial charge on any atom is -0.463 e. The summed E-state index contributed by atoms with van der Waals surface area (Å²) in [5.41, 5.74) is 0. The summed E-state index contributed by atoms with van der Waals surface area (Å²) in [6, 6.07) is 0. The topological polar surface area (TPSA) is 47.6 Å². The molecule has 0 aliphatic carbocycles. The molecule has 0 amide bonds. The first kappa shape index (κ1) is 12.4. The molecule has 0 bridgehead atoms. The average Bonchev–Trinajstić information content (AvgIpc) is 2.11. The van der Waals surface area contributed by atoms with Gasteiger partial charge in [-0.25, -0.2) is 4.79 Å². The van der Waals surface area contributed by atoms with E-state index in [1.54, 1.807) is 0 Å². The van der Waals surface area contributed by atoms with Crippen molar-refractivity contribution >= 4 is 5.97 Å². The average molecular weight is 189 g/mol. The molecule has 0 saturated carbocycles. The van der Waals surface area contributed by atoms with Crippen molar-refractivity contribution in [1.29, 1.82) is 0 Å². The number of esters is 1. The largest absolute Gasteiger partial charge is 0.463 e. The second-order valence-corrected chi connectivity index (χ2v) is 2.76. The first-order valence-corrected chi connectivity index (χ1v) is 4.66. The van der Waals surface area contributed by atoms with Crippen LogP contribution in [0.4, 0.5) is 0 Å². The molecule has 0 radical (unpaired) electrons. The van der Waals surface area contributed by atoms with Gasteiger partial charge in [0.2, 0.25) is 0 Å². The highest BCUT2D eigenvalue weighted by molar-refractivity contribution is 5.70. The number of carbonyl (C=O) groups is 1. The van der Waals surface area contributed by atoms with E-state index >= 15 is 0 Å². The quantitative estimate of drug-likeness (QED) is 0.448. The fourth-order valence-corrected chi connectivity index (χ4v) is 0.823. The van der Waals surface area contributed by atoms with E-state index in [1.165, 1.54) is 13.5 Å². The molecule has 0 rings (SSSR count). The Labute approximate surface area is 79.6 Å². The van der Waals surface area contributed by atoms with Gasteiger partial charge in [-0.15, -0.1) is 0 Å². The lowest BCUT2D eigenvalue weighted by molar-refractivity contribution is -0.147. The summed E-state index contributed by atoms with van der Waals surface area (Å²) in [7, 11) is 1.47. The van der Waals surface area contributed by atoms with Crippen LogP contribution in [-0.4, -0.2) is 39.4 Å². The minimum atomic E-state index is -0.306. The van der Waals surface area contributed by atoms with Gasteiger partial charge in [0, 0.05) is 13.7 Å². The van der Waals surface area contributed by atoms with Crippen molar-refractivity contribution in [3.63, 3.8) is 0 Å². The molecule has 0 heterocycles. The zero-order chi connectivity index (χ0) is 9.94. The Bertz CT molecular complexity index is 128. The van der Waals surface area contributed by atoms with Crippen LogP contribution in [0, 0.1) is 0 Å². The normalized spacial score (nSPS) is 10.0. The van der Waals surface area contributed by atoms with E-state index in [9.17, 15) is 4.79 Å². The Hall–Kier alpha value is -0.610. The molecule has 78 valence electrons. The molecule has 0 aromatic carbocycles. The lowest BCUT2D eigenvalue weighted by Gasteiger charge is -2.04. The van der Waals surface area contributed by atoms with Crippen molar-refractivity contribution in [3.8, 4) is 0 Å². The van der Waals surface area contributed by atoms with Crippen LogP contribution in [0.5, 0.6) is 0 Å². The Morgan fingerprint density at radius 1 is 1.38 bits per heavy atom. The Balaban J connectivity index is 3.02.